The van der Waals surface area contributed by atoms with E-state index in [0.717, 1.165) is 19.5 Å². The number of hydrogen-bond donors (Lipinski definition) is 0. The zero-order valence-electron chi connectivity index (χ0n) is 11.1. The summed E-state index contributed by atoms with van der Waals surface area (Å²) in [5.41, 5.74) is 5.64. The molecule has 0 aromatic carbocycles. The van der Waals surface area contributed by atoms with Gasteiger partial charge in [-0.25, -0.2) is 0 Å². The summed E-state index contributed by atoms with van der Waals surface area (Å²) in [5.74, 6) is 0. The van der Waals surface area contributed by atoms with Gasteiger partial charge in [0, 0.05) is 30.0 Å². The molecule has 2 nitrogen and oxygen atoms in total. The highest BCUT2D eigenvalue weighted by molar-refractivity contribution is 5.35. The highest BCUT2D eigenvalue weighted by atomic mass is 15.2. The lowest BCUT2D eigenvalue weighted by molar-refractivity contribution is 0.136. The summed E-state index contributed by atoms with van der Waals surface area (Å²) in [6.07, 6.45) is 1.03. The Labute approximate surface area is 98.7 Å². The van der Waals surface area contributed by atoms with Crippen molar-refractivity contribution in [3.05, 3.63) is 28.6 Å². The van der Waals surface area contributed by atoms with Gasteiger partial charge in [-0.15, -0.1) is 0 Å². The molecule has 16 heavy (non-hydrogen) atoms. The quantitative estimate of drug-likeness (QED) is 0.720. The van der Waals surface area contributed by atoms with Crippen molar-refractivity contribution in [2.75, 3.05) is 0 Å². The van der Waals surface area contributed by atoms with Crippen LogP contribution < -0.4 is 0 Å². The predicted octanol–water partition coefficient (Wildman–Crippen LogP) is 3.07. The van der Waals surface area contributed by atoms with E-state index in [4.69, 9.17) is 0 Å². The Morgan fingerprint density at radius 1 is 1.31 bits per heavy atom. The number of aromatic nitrogens is 1. The van der Waals surface area contributed by atoms with Crippen LogP contribution in [-0.2, 0) is 19.5 Å². The molecule has 0 fully saturated rings. The van der Waals surface area contributed by atoms with Gasteiger partial charge in [0.05, 0.1) is 0 Å². The SMILES string of the molecule is CCc1cc2c(c(C)n1)CN(C(C)(C)C)C2. The molecule has 2 heteroatoms. The van der Waals surface area contributed by atoms with Crippen LogP contribution in [0.4, 0.5) is 0 Å². The Morgan fingerprint density at radius 3 is 2.56 bits per heavy atom. The van der Waals surface area contributed by atoms with Gasteiger partial charge in [0.2, 0.25) is 0 Å². The predicted molar refractivity (Wildman–Crippen MR) is 67.4 cm³/mol. The van der Waals surface area contributed by atoms with E-state index >= 15 is 0 Å². The van der Waals surface area contributed by atoms with Crippen molar-refractivity contribution in [3.63, 3.8) is 0 Å². The van der Waals surface area contributed by atoms with Crippen molar-refractivity contribution < 1.29 is 0 Å². The molecule has 1 aromatic heterocycles. The first-order valence-electron chi connectivity index (χ1n) is 6.15. The van der Waals surface area contributed by atoms with Gasteiger partial charge >= 0.3 is 0 Å². The van der Waals surface area contributed by atoms with Crippen LogP contribution in [0.15, 0.2) is 6.07 Å². The molecule has 0 saturated heterocycles. The number of rotatable bonds is 1. The summed E-state index contributed by atoms with van der Waals surface area (Å²) >= 11 is 0. The van der Waals surface area contributed by atoms with Crippen LogP contribution in [0.25, 0.3) is 0 Å². The molecule has 1 aromatic rings. The second-order valence-electron chi connectivity index (χ2n) is 5.72. The molecule has 2 rings (SSSR count). The highest BCUT2D eigenvalue weighted by Gasteiger charge is 2.29. The van der Waals surface area contributed by atoms with Crippen LogP contribution in [0, 0.1) is 6.92 Å². The largest absolute Gasteiger partial charge is 0.290 e. The van der Waals surface area contributed by atoms with E-state index in [-0.39, 0.29) is 5.54 Å². The van der Waals surface area contributed by atoms with E-state index in [0.29, 0.717) is 0 Å². The summed E-state index contributed by atoms with van der Waals surface area (Å²) in [7, 11) is 0. The van der Waals surface area contributed by atoms with Crippen molar-refractivity contribution in [3.8, 4) is 0 Å². The average molecular weight is 218 g/mol. The molecule has 1 aliphatic rings. The molecule has 88 valence electrons. The Kier molecular flexibility index (Phi) is 2.79. The average Bonchev–Trinajstić information content (AvgIpc) is 2.61. The first-order valence-corrected chi connectivity index (χ1v) is 6.15. The normalized spacial score (nSPS) is 16.6. The number of pyridine rings is 1. The first-order chi connectivity index (χ1) is 7.41. The standard InChI is InChI=1S/C14H22N2/c1-6-12-7-11-8-16(14(3,4)5)9-13(11)10(2)15-12/h7H,6,8-9H2,1-5H3. The Balaban J connectivity index is 2.34. The minimum atomic E-state index is 0.248. The van der Waals surface area contributed by atoms with Crippen molar-refractivity contribution in [2.24, 2.45) is 0 Å². The minimum Gasteiger partial charge on any atom is -0.290 e. The lowest BCUT2D eigenvalue weighted by Crippen LogP contribution is -2.36. The summed E-state index contributed by atoms with van der Waals surface area (Å²) in [5, 5.41) is 0. The second-order valence-corrected chi connectivity index (χ2v) is 5.72. The Morgan fingerprint density at radius 2 is 2.00 bits per heavy atom. The zero-order valence-corrected chi connectivity index (χ0v) is 11.1. The van der Waals surface area contributed by atoms with Crippen LogP contribution in [0.5, 0.6) is 0 Å². The molecular formula is C14H22N2. The van der Waals surface area contributed by atoms with E-state index in [1.807, 2.05) is 0 Å². The third-order valence-electron chi connectivity index (χ3n) is 3.50. The smallest absolute Gasteiger partial charge is 0.0424 e. The third-order valence-corrected chi connectivity index (χ3v) is 3.50. The van der Waals surface area contributed by atoms with Crippen molar-refractivity contribution in [1.29, 1.82) is 0 Å². The number of aryl methyl sites for hydroxylation is 2. The lowest BCUT2D eigenvalue weighted by atomic mass is 10.1. The molecule has 0 aliphatic carbocycles. The van der Waals surface area contributed by atoms with Gasteiger partial charge in [-0.2, -0.15) is 0 Å². The van der Waals surface area contributed by atoms with Gasteiger partial charge in [-0.1, -0.05) is 6.92 Å². The van der Waals surface area contributed by atoms with Crippen molar-refractivity contribution in [1.82, 2.24) is 9.88 Å². The van der Waals surface area contributed by atoms with E-state index in [1.54, 1.807) is 0 Å². The van der Waals surface area contributed by atoms with Crippen molar-refractivity contribution in [2.45, 2.75) is 59.7 Å². The maximum atomic E-state index is 4.65. The molecule has 2 heterocycles. The summed E-state index contributed by atoms with van der Waals surface area (Å²) in [6.45, 7) is 13.3. The molecule has 0 N–H and O–H groups in total. The van der Waals surface area contributed by atoms with Crippen molar-refractivity contribution >= 4 is 0 Å². The second kappa shape index (κ2) is 3.85. The molecule has 0 atom stereocenters. The van der Waals surface area contributed by atoms with Crippen LogP contribution in [0.3, 0.4) is 0 Å². The minimum absolute atomic E-state index is 0.248. The monoisotopic (exact) mass is 218 g/mol. The molecule has 1 aliphatic heterocycles. The maximum Gasteiger partial charge on any atom is 0.0424 e. The first kappa shape index (κ1) is 11.6. The number of nitrogens with zero attached hydrogens (tertiary/aromatic N) is 2. The number of fused-ring (bicyclic) bond motifs is 1. The van der Waals surface area contributed by atoms with Crippen LogP contribution in [-0.4, -0.2) is 15.4 Å². The maximum absolute atomic E-state index is 4.65. The van der Waals surface area contributed by atoms with Gasteiger partial charge < -0.3 is 0 Å². The van der Waals surface area contributed by atoms with Crippen LogP contribution >= 0.6 is 0 Å². The van der Waals surface area contributed by atoms with Crippen LogP contribution in [0.1, 0.15) is 50.2 Å². The Hall–Kier alpha value is -0.890. The van der Waals surface area contributed by atoms with Gasteiger partial charge in [-0.05, 0) is 51.3 Å². The fourth-order valence-electron chi connectivity index (χ4n) is 2.30. The van der Waals surface area contributed by atoms with Gasteiger partial charge in [-0.3, -0.25) is 9.88 Å². The molecular weight excluding hydrogens is 196 g/mol. The van der Waals surface area contributed by atoms with Gasteiger partial charge in [0.1, 0.15) is 0 Å². The molecule has 0 amide bonds. The molecule has 0 bridgehead atoms. The van der Waals surface area contributed by atoms with E-state index < -0.39 is 0 Å². The zero-order chi connectivity index (χ0) is 11.9. The fourth-order valence-corrected chi connectivity index (χ4v) is 2.30. The number of hydrogen-bond acceptors (Lipinski definition) is 2. The highest BCUT2D eigenvalue weighted by Crippen LogP contribution is 2.30. The molecule has 0 radical (unpaired) electrons. The van der Waals surface area contributed by atoms with Gasteiger partial charge in [0.25, 0.3) is 0 Å². The Bertz CT molecular complexity index is 402. The van der Waals surface area contributed by atoms with Gasteiger partial charge in [0.15, 0.2) is 0 Å². The topological polar surface area (TPSA) is 16.1 Å². The van der Waals surface area contributed by atoms with E-state index in [1.165, 1.54) is 22.5 Å². The molecule has 0 unspecified atom stereocenters. The summed E-state index contributed by atoms with van der Waals surface area (Å²) in [4.78, 5) is 7.17. The van der Waals surface area contributed by atoms with Crippen LogP contribution in [0.2, 0.25) is 0 Å². The lowest BCUT2D eigenvalue weighted by Gasteiger charge is -2.31. The fraction of sp³-hybridized carbons (Fsp3) is 0.643. The third kappa shape index (κ3) is 1.99. The van der Waals surface area contributed by atoms with E-state index in [2.05, 4.69) is 50.6 Å². The van der Waals surface area contributed by atoms with E-state index in [9.17, 15) is 0 Å². The molecule has 0 saturated carbocycles. The summed E-state index contributed by atoms with van der Waals surface area (Å²) < 4.78 is 0. The summed E-state index contributed by atoms with van der Waals surface area (Å²) in [6, 6.07) is 2.29. The molecule has 0 spiro atoms.